The number of rotatable bonds is 21. The van der Waals surface area contributed by atoms with Crippen molar-refractivity contribution < 1.29 is 33.4 Å². The van der Waals surface area contributed by atoms with E-state index < -0.39 is 0 Å². The summed E-state index contributed by atoms with van der Waals surface area (Å²) >= 11 is 0. The SMILES string of the molecule is CC(=O)C1(CN2C(=O)NCC23CCC(c2ccccc2)(N(C)C)CC3)CCC1.CN(C)C1(c2ccccc2)CCC2(CC1)CNC(=O)N2CC1(C#N)CCC1.COc1ccc(CN2CC3(CCC(c4ccccc4)(N(C)C)CC3)N(CC3(C#N)CCC3)C2=O)cc1.COc1ccc(CN2CC3(CCC(c4ccccc4)(N(C)C)CC3)NC2=O)cc1. The van der Waals surface area contributed by atoms with E-state index in [2.05, 4.69) is 230 Å². The van der Waals surface area contributed by atoms with Crippen molar-refractivity contribution in [2.75, 3.05) is 116 Å². The molecule has 21 heteroatoms. The smallest absolute Gasteiger partial charge is 0.320 e. The largest absolute Gasteiger partial charge is 0.497 e. The fourth-order valence-electron chi connectivity index (χ4n) is 22.9. The van der Waals surface area contributed by atoms with Gasteiger partial charge < -0.3 is 49.9 Å². The second-order valence-corrected chi connectivity index (χ2v) is 38.5. The molecular weight excluding hydrogens is 1500 g/mol. The number of hydrogen-bond acceptors (Lipinski definition) is 13. The number of nitrogens with zero attached hydrogens (tertiary/aromatic N) is 11. The van der Waals surface area contributed by atoms with Gasteiger partial charge in [0.15, 0.2) is 0 Å². The van der Waals surface area contributed by atoms with E-state index in [-0.39, 0.29) is 90.5 Å². The first-order valence-electron chi connectivity index (χ1n) is 44.4. The third kappa shape index (κ3) is 16.6. The van der Waals surface area contributed by atoms with Gasteiger partial charge in [0.1, 0.15) is 17.3 Å². The maximum Gasteiger partial charge on any atom is 0.320 e. The van der Waals surface area contributed by atoms with Crippen LogP contribution >= 0.6 is 0 Å². The monoisotopic (exact) mass is 1630 g/mol. The molecular formula is C99H132N14O7. The van der Waals surface area contributed by atoms with Gasteiger partial charge in [-0.1, -0.05) is 165 Å². The molecule has 0 unspecified atom stereocenters. The lowest BCUT2D eigenvalue weighted by Crippen LogP contribution is -2.59. The molecule has 640 valence electrons. The van der Waals surface area contributed by atoms with Gasteiger partial charge in [0.05, 0.1) is 59.3 Å². The first kappa shape index (κ1) is 86.9. The zero-order valence-electron chi connectivity index (χ0n) is 73.5. The second kappa shape index (κ2) is 35.1. The van der Waals surface area contributed by atoms with Crippen LogP contribution in [-0.4, -0.2) is 213 Å². The van der Waals surface area contributed by atoms with E-state index in [9.17, 15) is 34.5 Å². The number of hydrogen-bond donors (Lipinski definition) is 3. The lowest BCUT2D eigenvalue weighted by molar-refractivity contribution is -0.133. The number of ketones is 1. The molecule has 7 aliphatic carbocycles. The van der Waals surface area contributed by atoms with Crippen molar-refractivity contribution in [1.82, 2.24) is 60.0 Å². The van der Waals surface area contributed by atoms with Crippen LogP contribution in [0.4, 0.5) is 19.2 Å². The number of methoxy groups -OCH3 is 2. The molecule has 4 heterocycles. The molecule has 4 saturated heterocycles. The number of Topliss-reactive ketones (excluding diaryl/α,β-unsaturated/α-hetero) is 1. The quantitative estimate of drug-likeness (QED) is 0.0612. The number of nitrogens with one attached hydrogen (secondary N) is 3. The number of amides is 8. The van der Waals surface area contributed by atoms with Gasteiger partial charge in [0.2, 0.25) is 0 Å². The zero-order chi connectivity index (χ0) is 85.0. The Morgan fingerprint density at radius 3 is 1.02 bits per heavy atom. The number of carbonyl (C=O) groups is 5. The number of benzene rings is 6. The minimum Gasteiger partial charge on any atom is -0.497 e. The highest BCUT2D eigenvalue weighted by Crippen LogP contribution is 2.56. The molecule has 3 N–H and O–H groups in total. The zero-order valence-corrected chi connectivity index (χ0v) is 73.5. The van der Waals surface area contributed by atoms with Crippen molar-refractivity contribution in [1.29, 1.82) is 10.5 Å². The van der Waals surface area contributed by atoms with Gasteiger partial charge in [0.25, 0.3) is 0 Å². The Morgan fingerprint density at radius 1 is 0.383 bits per heavy atom. The number of carbonyl (C=O) groups excluding carboxylic acids is 5. The van der Waals surface area contributed by atoms with Crippen molar-refractivity contribution in [3.63, 3.8) is 0 Å². The van der Waals surface area contributed by atoms with E-state index in [4.69, 9.17) is 9.47 Å². The van der Waals surface area contributed by atoms with Crippen LogP contribution in [0.3, 0.4) is 0 Å². The predicted octanol–water partition coefficient (Wildman–Crippen LogP) is 16.4. The average molecular weight is 1630 g/mol. The minimum atomic E-state index is -0.381. The van der Waals surface area contributed by atoms with E-state index in [1.165, 1.54) is 22.3 Å². The molecule has 8 amide bonds. The normalized spacial score (nSPS) is 29.3. The van der Waals surface area contributed by atoms with Gasteiger partial charge in [-0.05, 0) is 262 Å². The summed E-state index contributed by atoms with van der Waals surface area (Å²) in [6, 6.07) is 64.4. The lowest BCUT2D eigenvalue weighted by Gasteiger charge is -2.53. The Hall–Kier alpha value is -9.51. The molecule has 11 aliphatic rings. The molecule has 4 spiro atoms. The molecule has 11 fully saturated rings. The highest BCUT2D eigenvalue weighted by Gasteiger charge is 2.60. The highest BCUT2D eigenvalue weighted by molar-refractivity contribution is 5.85. The Bertz CT molecular complexity index is 4600. The third-order valence-electron chi connectivity index (χ3n) is 31.8. The van der Waals surface area contributed by atoms with Crippen molar-refractivity contribution in [3.05, 3.63) is 203 Å². The van der Waals surface area contributed by atoms with Crippen LogP contribution in [0.25, 0.3) is 0 Å². The standard InChI is InChI=1S/C30H38N4O2.C24H31N3O2.C23H33N3O2.C22H30N4O/c1-32(2)30(25-8-5-4-6-9-25)18-16-29(17-19-30)23-33(20-24-10-12-26(36-3)13-11-24)27(35)34(29)22-28(21-31)14-7-15-28;1-26(2)24(20-7-5-4-6-8-20)15-13-23(14-16-24)18-27(22(28)25-23)17-19-9-11-21(29-3)12-10-19;1-18(27)21(10-7-11-21)17-26-20(28)24-16-22(26)12-14-23(15-13-22,25(2)3)19-8-5-4-6-9-19;1-25(2)22(18-7-4-3-5-8-18)13-11-21(12-14-22)16-24-19(27)26(21)17-20(15-23)9-6-10-20/h4-6,8-13H,7,14-20,22-23H2,1-3H3;4-12H,13-18H2,1-3H3,(H,25,28);4-6,8-9H,7,10-17H2,1-3H3,(H,24,28);3-5,7-8H,6,9-14,16-17H2,1-2H3,(H,24,27). The fraction of sp³-hybridized carbons (Fsp3) is 0.566. The molecule has 0 atom stereocenters. The highest BCUT2D eigenvalue weighted by atomic mass is 16.5. The first-order valence-corrected chi connectivity index (χ1v) is 44.4. The van der Waals surface area contributed by atoms with E-state index >= 15 is 0 Å². The van der Waals surface area contributed by atoms with Crippen LogP contribution in [0.2, 0.25) is 0 Å². The summed E-state index contributed by atoms with van der Waals surface area (Å²) in [4.78, 5) is 83.9. The van der Waals surface area contributed by atoms with Crippen LogP contribution in [-0.2, 0) is 40.0 Å². The van der Waals surface area contributed by atoms with Crippen LogP contribution in [0.5, 0.6) is 11.5 Å². The lowest BCUT2D eigenvalue weighted by atomic mass is 9.64. The Labute approximate surface area is 714 Å². The number of urea groups is 4. The predicted molar refractivity (Wildman–Crippen MR) is 470 cm³/mol. The Balaban J connectivity index is 0.000000132. The van der Waals surface area contributed by atoms with Gasteiger partial charge in [-0.3, -0.25) is 24.4 Å². The summed E-state index contributed by atoms with van der Waals surface area (Å²) in [5.74, 6) is 1.90. The van der Waals surface area contributed by atoms with Crippen molar-refractivity contribution >= 4 is 29.9 Å². The van der Waals surface area contributed by atoms with Crippen LogP contribution in [0.1, 0.15) is 201 Å². The first-order chi connectivity index (χ1) is 57.6. The topological polar surface area (TPSA) is 217 Å². The van der Waals surface area contributed by atoms with Gasteiger partial charge in [-0.25, -0.2) is 19.2 Å². The molecule has 7 saturated carbocycles. The maximum atomic E-state index is 13.9. The van der Waals surface area contributed by atoms with Gasteiger partial charge in [0, 0.05) is 86.5 Å². The van der Waals surface area contributed by atoms with E-state index in [0.29, 0.717) is 45.8 Å². The molecule has 21 nitrogen and oxygen atoms in total. The molecule has 120 heavy (non-hydrogen) atoms. The third-order valence-corrected chi connectivity index (χ3v) is 31.8. The molecule has 0 bridgehead atoms. The van der Waals surface area contributed by atoms with Crippen molar-refractivity contribution in [3.8, 4) is 23.6 Å². The summed E-state index contributed by atoms with van der Waals surface area (Å²) in [6.07, 6.45) is 24.6. The van der Waals surface area contributed by atoms with Crippen molar-refractivity contribution in [2.24, 2.45) is 16.2 Å². The van der Waals surface area contributed by atoms with E-state index in [1.807, 2.05) is 68.1 Å². The van der Waals surface area contributed by atoms with Crippen molar-refractivity contribution in [2.45, 2.75) is 225 Å². The molecule has 0 aromatic heterocycles. The Kier molecular flexibility index (Phi) is 25.4. The van der Waals surface area contributed by atoms with Crippen LogP contribution in [0.15, 0.2) is 170 Å². The molecule has 17 rings (SSSR count). The van der Waals surface area contributed by atoms with Gasteiger partial charge in [-0.2, -0.15) is 10.5 Å². The van der Waals surface area contributed by atoms with Gasteiger partial charge in [-0.15, -0.1) is 0 Å². The molecule has 6 aromatic rings. The Morgan fingerprint density at radius 2 is 0.708 bits per heavy atom. The summed E-state index contributed by atoms with van der Waals surface area (Å²) in [6.45, 7) is 7.57. The van der Waals surface area contributed by atoms with Gasteiger partial charge >= 0.3 is 24.1 Å². The maximum absolute atomic E-state index is 13.9. The summed E-state index contributed by atoms with van der Waals surface area (Å²) in [7, 11) is 20.7. The van der Waals surface area contributed by atoms with E-state index in [1.54, 1.807) is 21.1 Å². The molecule has 6 aromatic carbocycles. The molecule has 0 radical (unpaired) electrons. The summed E-state index contributed by atoms with van der Waals surface area (Å²) < 4.78 is 10.5. The fourth-order valence-corrected chi connectivity index (χ4v) is 22.9. The summed E-state index contributed by atoms with van der Waals surface area (Å²) in [5.41, 5.74) is 6.09. The van der Waals surface area contributed by atoms with Crippen LogP contribution in [0, 0.1) is 38.9 Å². The molecule has 4 aliphatic heterocycles. The van der Waals surface area contributed by atoms with Crippen LogP contribution < -0.4 is 25.4 Å². The minimum absolute atomic E-state index is 0.0125. The second-order valence-electron chi connectivity index (χ2n) is 38.5. The number of ether oxygens (including phenoxy) is 2. The summed E-state index contributed by atoms with van der Waals surface area (Å²) in [5, 5.41) is 29.2. The van der Waals surface area contributed by atoms with E-state index in [0.717, 1.165) is 196 Å². The average Bonchev–Trinajstić information content (AvgIpc) is 1.55. The number of nitriles is 2.